The van der Waals surface area contributed by atoms with Crippen LogP contribution >= 0.6 is 0 Å². The molecule has 3 nitrogen and oxygen atoms in total. The molecule has 0 amide bonds. The molecule has 3 N–H and O–H groups in total. The molecule has 1 aromatic heterocycles. The standard InChI is InChI=1S/C19H27N3/c1-19(8-2-11-20)9-5-17(6-10-19)22-18-4-3-16-14-21-12-7-15(16)13-18/h3-4,7,12-14,17,22H,2,5-6,8-11,20H2,1H3. The highest BCUT2D eigenvalue weighted by atomic mass is 14.9. The lowest BCUT2D eigenvalue weighted by Crippen LogP contribution is -2.32. The molecule has 0 atom stereocenters. The number of rotatable bonds is 5. The van der Waals surface area contributed by atoms with E-state index in [2.05, 4.69) is 41.5 Å². The van der Waals surface area contributed by atoms with E-state index in [9.17, 15) is 0 Å². The Labute approximate surface area is 133 Å². The summed E-state index contributed by atoms with van der Waals surface area (Å²) in [4.78, 5) is 4.17. The molecule has 0 saturated heterocycles. The fourth-order valence-electron chi connectivity index (χ4n) is 3.65. The SMILES string of the molecule is CC1(CCCN)CCC(Nc2ccc3cnccc3c2)CC1. The predicted molar refractivity (Wildman–Crippen MR) is 94.0 cm³/mol. The summed E-state index contributed by atoms with van der Waals surface area (Å²) in [7, 11) is 0. The van der Waals surface area contributed by atoms with Crippen molar-refractivity contribution in [3.05, 3.63) is 36.7 Å². The van der Waals surface area contributed by atoms with Gasteiger partial charge in [-0.2, -0.15) is 0 Å². The largest absolute Gasteiger partial charge is 0.382 e. The summed E-state index contributed by atoms with van der Waals surface area (Å²) in [6.07, 6.45) is 11.3. The zero-order valence-corrected chi connectivity index (χ0v) is 13.5. The number of nitrogens with zero attached hydrogens (tertiary/aromatic N) is 1. The molecule has 1 aromatic carbocycles. The average molecular weight is 297 g/mol. The van der Waals surface area contributed by atoms with Crippen LogP contribution in [0, 0.1) is 5.41 Å². The van der Waals surface area contributed by atoms with Crippen LogP contribution in [0.15, 0.2) is 36.7 Å². The van der Waals surface area contributed by atoms with Gasteiger partial charge in [0, 0.05) is 29.5 Å². The van der Waals surface area contributed by atoms with Crippen molar-refractivity contribution in [3.63, 3.8) is 0 Å². The summed E-state index contributed by atoms with van der Waals surface area (Å²) in [5, 5.41) is 6.18. The van der Waals surface area contributed by atoms with E-state index in [1.54, 1.807) is 0 Å². The molecule has 0 unspecified atom stereocenters. The Hall–Kier alpha value is -1.61. The van der Waals surface area contributed by atoms with Gasteiger partial charge in [0.2, 0.25) is 0 Å². The fourth-order valence-corrected chi connectivity index (χ4v) is 3.65. The van der Waals surface area contributed by atoms with Gasteiger partial charge in [-0.1, -0.05) is 13.0 Å². The van der Waals surface area contributed by atoms with Crippen molar-refractivity contribution >= 4 is 16.5 Å². The number of hydrogen-bond acceptors (Lipinski definition) is 3. The second-order valence-electron chi connectivity index (χ2n) is 7.06. The Morgan fingerprint density at radius 1 is 1.23 bits per heavy atom. The quantitative estimate of drug-likeness (QED) is 0.863. The third kappa shape index (κ3) is 3.58. The lowest BCUT2D eigenvalue weighted by Gasteiger charge is -2.38. The van der Waals surface area contributed by atoms with Crippen molar-refractivity contribution in [1.82, 2.24) is 4.98 Å². The van der Waals surface area contributed by atoms with E-state index in [0.717, 1.165) is 13.0 Å². The third-order valence-corrected chi connectivity index (χ3v) is 5.19. The maximum Gasteiger partial charge on any atom is 0.0348 e. The number of hydrogen-bond donors (Lipinski definition) is 2. The monoisotopic (exact) mass is 297 g/mol. The van der Waals surface area contributed by atoms with Gasteiger partial charge in [-0.25, -0.2) is 0 Å². The molecule has 0 bridgehead atoms. The van der Waals surface area contributed by atoms with Gasteiger partial charge in [0.05, 0.1) is 0 Å². The average Bonchev–Trinajstić information content (AvgIpc) is 2.55. The molecule has 1 heterocycles. The first-order chi connectivity index (χ1) is 10.7. The Morgan fingerprint density at radius 3 is 2.82 bits per heavy atom. The van der Waals surface area contributed by atoms with E-state index in [0.29, 0.717) is 11.5 Å². The normalized spacial score (nSPS) is 25.3. The minimum atomic E-state index is 0.507. The van der Waals surface area contributed by atoms with Gasteiger partial charge in [-0.15, -0.1) is 0 Å². The van der Waals surface area contributed by atoms with Crippen LogP contribution in [0.1, 0.15) is 45.4 Å². The third-order valence-electron chi connectivity index (χ3n) is 5.19. The second kappa shape index (κ2) is 6.66. The van der Waals surface area contributed by atoms with E-state index in [-0.39, 0.29) is 0 Å². The maximum atomic E-state index is 5.66. The first-order valence-corrected chi connectivity index (χ1v) is 8.49. The van der Waals surface area contributed by atoms with E-state index in [4.69, 9.17) is 5.73 Å². The van der Waals surface area contributed by atoms with Gasteiger partial charge in [-0.05, 0) is 74.1 Å². The number of nitrogens with one attached hydrogen (secondary N) is 1. The molecule has 118 valence electrons. The summed E-state index contributed by atoms with van der Waals surface area (Å²) < 4.78 is 0. The molecule has 3 rings (SSSR count). The zero-order valence-electron chi connectivity index (χ0n) is 13.5. The lowest BCUT2D eigenvalue weighted by molar-refractivity contribution is 0.187. The van der Waals surface area contributed by atoms with Crippen molar-refractivity contribution in [2.45, 2.75) is 51.5 Å². The van der Waals surface area contributed by atoms with E-state index < -0.39 is 0 Å². The van der Waals surface area contributed by atoms with Crippen LogP contribution in [0.5, 0.6) is 0 Å². The van der Waals surface area contributed by atoms with Crippen LogP contribution in [0.3, 0.4) is 0 Å². The predicted octanol–water partition coefficient (Wildman–Crippen LogP) is 4.33. The number of anilines is 1. The first-order valence-electron chi connectivity index (χ1n) is 8.49. The molecule has 22 heavy (non-hydrogen) atoms. The van der Waals surface area contributed by atoms with Crippen molar-refractivity contribution < 1.29 is 0 Å². The van der Waals surface area contributed by atoms with E-state index in [1.807, 2.05) is 12.4 Å². The van der Waals surface area contributed by atoms with Crippen molar-refractivity contribution in [2.75, 3.05) is 11.9 Å². The topological polar surface area (TPSA) is 50.9 Å². The summed E-state index contributed by atoms with van der Waals surface area (Å²) in [5.41, 5.74) is 7.40. The molecule has 2 aromatic rings. The minimum Gasteiger partial charge on any atom is -0.382 e. The van der Waals surface area contributed by atoms with Gasteiger partial charge >= 0.3 is 0 Å². The number of nitrogens with two attached hydrogens (primary N) is 1. The lowest BCUT2D eigenvalue weighted by atomic mass is 9.71. The smallest absolute Gasteiger partial charge is 0.0348 e. The number of aromatic nitrogens is 1. The summed E-state index contributed by atoms with van der Waals surface area (Å²) in [5.74, 6) is 0. The number of fused-ring (bicyclic) bond motifs is 1. The van der Waals surface area contributed by atoms with Gasteiger partial charge in [0.15, 0.2) is 0 Å². The molecule has 1 saturated carbocycles. The van der Waals surface area contributed by atoms with Crippen LogP contribution in [-0.2, 0) is 0 Å². The molecular formula is C19H27N3. The highest BCUT2D eigenvalue weighted by Crippen LogP contribution is 2.40. The molecule has 0 spiro atoms. The fraction of sp³-hybridized carbons (Fsp3) is 0.526. The summed E-state index contributed by atoms with van der Waals surface area (Å²) >= 11 is 0. The van der Waals surface area contributed by atoms with Crippen LogP contribution < -0.4 is 11.1 Å². The molecule has 3 heteroatoms. The maximum absolute atomic E-state index is 5.66. The molecule has 1 fully saturated rings. The van der Waals surface area contributed by atoms with Crippen molar-refractivity contribution in [3.8, 4) is 0 Å². The van der Waals surface area contributed by atoms with Crippen molar-refractivity contribution in [1.29, 1.82) is 0 Å². The van der Waals surface area contributed by atoms with Gasteiger partial charge in [0.1, 0.15) is 0 Å². The van der Waals surface area contributed by atoms with Crippen LogP contribution in [0.4, 0.5) is 5.69 Å². The van der Waals surface area contributed by atoms with Crippen LogP contribution in [0.2, 0.25) is 0 Å². The first kappa shape index (κ1) is 15.3. The Kier molecular flexibility index (Phi) is 4.63. The number of benzene rings is 1. The Morgan fingerprint density at radius 2 is 2.05 bits per heavy atom. The molecule has 0 radical (unpaired) electrons. The Balaban J connectivity index is 1.59. The molecule has 1 aliphatic carbocycles. The van der Waals surface area contributed by atoms with Crippen molar-refractivity contribution in [2.24, 2.45) is 11.1 Å². The van der Waals surface area contributed by atoms with Crippen LogP contribution in [0.25, 0.3) is 10.8 Å². The Bertz CT molecular complexity index is 615. The molecule has 0 aliphatic heterocycles. The van der Waals surface area contributed by atoms with Gasteiger partial charge in [-0.3, -0.25) is 4.98 Å². The van der Waals surface area contributed by atoms with E-state index >= 15 is 0 Å². The van der Waals surface area contributed by atoms with E-state index in [1.165, 1.54) is 48.6 Å². The van der Waals surface area contributed by atoms with Gasteiger partial charge in [0.25, 0.3) is 0 Å². The zero-order chi connectivity index (χ0) is 15.4. The highest BCUT2D eigenvalue weighted by Gasteiger charge is 2.30. The molecular weight excluding hydrogens is 270 g/mol. The molecule has 1 aliphatic rings. The second-order valence-corrected chi connectivity index (χ2v) is 7.06. The minimum absolute atomic E-state index is 0.507. The van der Waals surface area contributed by atoms with Crippen LogP contribution in [-0.4, -0.2) is 17.6 Å². The number of pyridine rings is 1. The summed E-state index contributed by atoms with van der Waals surface area (Å²) in [6, 6.07) is 9.24. The highest BCUT2D eigenvalue weighted by molar-refractivity contribution is 5.84. The summed E-state index contributed by atoms with van der Waals surface area (Å²) in [6.45, 7) is 3.26. The van der Waals surface area contributed by atoms with Gasteiger partial charge < -0.3 is 11.1 Å².